The Hall–Kier alpha value is -0.950. The van der Waals surface area contributed by atoms with Gasteiger partial charge in [0, 0.05) is 26.7 Å². The van der Waals surface area contributed by atoms with Crippen LogP contribution in [0.15, 0.2) is 16.8 Å². The van der Waals surface area contributed by atoms with Gasteiger partial charge >= 0.3 is 0 Å². The lowest BCUT2D eigenvalue weighted by molar-refractivity contribution is -0.130. The van der Waals surface area contributed by atoms with Gasteiger partial charge in [-0.3, -0.25) is 10.1 Å². The maximum atomic E-state index is 12.5. The van der Waals surface area contributed by atoms with E-state index in [1.807, 2.05) is 4.90 Å². The Morgan fingerprint density at radius 2 is 2.29 bits per heavy atom. The number of nitrogens with zero attached hydrogens (tertiary/aromatic N) is 2. The zero-order chi connectivity index (χ0) is 15.2. The minimum Gasteiger partial charge on any atom is -0.383 e. The van der Waals surface area contributed by atoms with Gasteiger partial charge in [0.25, 0.3) is 0 Å². The summed E-state index contributed by atoms with van der Waals surface area (Å²) in [6.45, 7) is 5.24. The van der Waals surface area contributed by atoms with E-state index >= 15 is 0 Å². The second-order valence-electron chi connectivity index (χ2n) is 5.41. The van der Waals surface area contributed by atoms with E-state index in [1.165, 1.54) is 5.56 Å². The Morgan fingerprint density at radius 1 is 1.48 bits per heavy atom. The summed E-state index contributed by atoms with van der Waals surface area (Å²) >= 11 is 1.67. The molecule has 0 bridgehead atoms. The number of thiophene rings is 1. The van der Waals surface area contributed by atoms with E-state index in [9.17, 15) is 4.79 Å². The minimum absolute atomic E-state index is 0.0181. The molecule has 1 aromatic heterocycles. The molecule has 1 amide bonds. The van der Waals surface area contributed by atoms with Crippen molar-refractivity contribution in [2.24, 2.45) is 0 Å². The van der Waals surface area contributed by atoms with Crippen LogP contribution in [0.1, 0.15) is 25.1 Å². The van der Waals surface area contributed by atoms with Crippen LogP contribution in [0.25, 0.3) is 0 Å². The molecule has 0 spiro atoms. The molecule has 2 atom stereocenters. The summed E-state index contributed by atoms with van der Waals surface area (Å²) in [6, 6.07) is 2.04. The molecule has 21 heavy (non-hydrogen) atoms. The van der Waals surface area contributed by atoms with E-state index in [0.29, 0.717) is 6.61 Å². The first-order valence-electron chi connectivity index (χ1n) is 7.43. The fourth-order valence-electron chi connectivity index (χ4n) is 2.56. The number of carbonyl (C=O) groups is 1. The molecule has 1 aliphatic heterocycles. The van der Waals surface area contributed by atoms with Crippen LogP contribution in [0.3, 0.4) is 0 Å². The molecular formula is C15H25N3O2S. The number of ether oxygens (including phenoxy) is 1. The molecule has 0 aromatic carbocycles. The van der Waals surface area contributed by atoms with Gasteiger partial charge in [-0.15, -0.1) is 0 Å². The normalized spacial score (nSPS) is 22.5. The van der Waals surface area contributed by atoms with E-state index in [-0.39, 0.29) is 18.1 Å². The molecular weight excluding hydrogens is 286 g/mol. The van der Waals surface area contributed by atoms with Crippen molar-refractivity contribution in [1.29, 1.82) is 0 Å². The third kappa shape index (κ3) is 4.03. The van der Waals surface area contributed by atoms with Crippen molar-refractivity contribution in [3.63, 3.8) is 0 Å². The highest BCUT2D eigenvalue weighted by molar-refractivity contribution is 7.07. The zero-order valence-electron chi connectivity index (χ0n) is 13.0. The highest BCUT2D eigenvalue weighted by Gasteiger charge is 2.38. The van der Waals surface area contributed by atoms with Gasteiger partial charge in [0.15, 0.2) is 0 Å². The molecule has 0 radical (unpaired) electrons. The fourth-order valence-corrected chi connectivity index (χ4v) is 3.23. The van der Waals surface area contributed by atoms with Gasteiger partial charge in [-0.1, -0.05) is 6.92 Å². The molecule has 1 aromatic rings. The molecule has 2 unspecified atom stereocenters. The van der Waals surface area contributed by atoms with Crippen LogP contribution in [0, 0.1) is 0 Å². The lowest BCUT2D eigenvalue weighted by Gasteiger charge is -2.26. The summed E-state index contributed by atoms with van der Waals surface area (Å²) in [5, 5.41) is 7.62. The van der Waals surface area contributed by atoms with E-state index in [1.54, 1.807) is 18.4 Å². The summed E-state index contributed by atoms with van der Waals surface area (Å²) in [7, 11) is 3.77. The molecule has 1 fully saturated rings. The minimum atomic E-state index is -0.0563. The van der Waals surface area contributed by atoms with Gasteiger partial charge in [-0.25, -0.2) is 0 Å². The first kappa shape index (κ1) is 16.4. The van der Waals surface area contributed by atoms with Gasteiger partial charge in [0.1, 0.15) is 6.17 Å². The monoisotopic (exact) mass is 311 g/mol. The number of nitrogens with one attached hydrogen (secondary N) is 1. The van der Waals surface area contributed by atoms with Gasteiger partial charge in [0.05, 0.1) is 12.6 Å². The number of hydrogen-bond acceptors (Lipinski definition) is 5. The number of hydrogen-bond donors (Lipinski definition) is 1. The van der Waals surface area contributed by atoms with Gasteiger partial charge in [-0.05, 0) is 35.9 Å². The van der Waals surface area contributed by atoms with Crippen molar-refractivity contribution in [2.45, 2.75) is 25.6 Å². The van der Waals surface area contributed by atoms with Crippen LogP contribution in [0.4, 0.5) is 0 Å². The lowest BCUT2D eigenvalue weighted by atomic mass is 10.2. The van der Waals surface area contributed by atoms with Crippen LogP contribution in [0.2, 0.25) is 0 Å². The quantitative estimate of drug-likeness (QED) is 0.791. The van der Waals surface area contributed by atoms with Crippen molar-refractivity contribution in [2.75, 3.05) is 40.4 Å². The highest BCUT2D eigenvalue weighted by atomic mass is 32.1. The van der Waals surface area contributed by atoms with Crippen molar-refractivity contribution in [1.82, 2.24) is 15.1 Å². The molecule has 1 N–H and O–H groups in total. The maximum absolute atomic E-state index is 12.5. The van der Waals surface area contributed by atoms with E-state index in [2.05, 4.69) is 41.0 Å². The smallest absolute Gasteiger partial charge is 0.241 e. The molecule has 118 valence electrons. The molecule has 1 saturated heterocycles. The second kappa shape index (κ2) is 7.89. The van der Waals surface area contributed by atoms with Crippen molar-refractivity contribution >= 4 is 17.2 Å². The third-order valence-electron chi connectivity index (χ3n) is 3.92. The molecule has 0 saturated carbocycles. The summed E-state index contributed by atoms with van der Waals surface area (Å²) in [6.07, 6.45) is 0.847. The Kier molecular flexibility index (Phi) is 6.17. The standard InChI is InChI=1S/C15H25N3O2S/c1-4-13-15(19)18(7-6-17(2)8-9-20-3)14(16-13)12-5-10-21-11-12/h5,10-11,13-14,16H,4,6-9H2,1-3H3. The number of rotatable bonds is 8. The summed E-state index contributed by atoms with van der Waals surface area (Å²) < 4.78 is 5.09. The number of carbonyl (C=O) groups excluding carboxylic acids is 1. The Labute approximate surface area is 130 Å². The lowest BCUT2D eigenvalue weighted by Crippen LogP contribution is -2.38. The SMILES string of the molecule is CCC1NC(c2ccsc2)N(CCN(C)CCOC)C1=O. The van der Waals surface area contributed by atoms with Crippen LogP contribution in [-0.2, 0) is 9.53 Å². The second-order valence-corrected chi connectivity index (χ2v) is 6.19. The molecule has 0 aliphatic carbocycles. The highest BCUT2D eigenvalue weighted by Crippen LogP contribution is 2.27. The van der Waals surface area contributed by atoms with E-state index in [4.69, 9.17) is 4.74 Å². The predicted octanol–water partition coefficient (Wildman–Crippen LogP) is 1.54. The van der Waals surface area contributed by atoms with Gasteiger partial charge < -0.3 is 14.5 Å². The van der Waals surface area contributed by atoms with E-state index in [0.717, 1.165) is 26.1 Å². The summed E-state index contributed by atoms with van der Waals surface area (Å²) in [5.74, 6) is 0.217. The average molecular weight is 311 g/mol. The summed E-state index contributed by atoms with van der Waals surface area (Å²) in [4.78, 5) is 16.7. The zero-order valence-corrected chi connectivity index (χ0v) is 13.9. The molecule has 5 nitrogen and oxygen atoms in total. The molecule has 2 heterocycles. The van der Waals surface area contributed by atoms with Gasteiger partial charge in [0.2, 0.25) is 5.91 Å². The molecule has 2 rings (SSSR count). The fraction of sp³-hybridized carbons (Fsp3) is 0.667. The first-order chi connectivity index (χ1) is 10.2. The third-order valence-corrected chi connectivity index (χ3v) is 4.62. The Morgan fingerprint density at radius 3 is 2.90 bits per heavy atom. The Bertz CT molecular complexity index is 438. The summed E-state index contributed by atoms with van der Waals surface area (Å²) in [5.41, 5.74) is 1.18. The van der Waals surface area contributed by atoms with Crippen molar-refractivity contribution < 1.29 is 9.53 Å². The average Bonchev–Trinajstić information content (AvgIpc) is 3.10. The van der Waals surface area contributed by atoms with Gasteiger partial charge in [-0.2, -0.15) is 11.3 Å². The van der Waals surface area contributed by atoms with Crippen LogP contribution < -0.4 is 5.32 Å². The van der Waals surface area contributed by atoms with Crippen LogP contribution >= 0.6 is 11.3 Å². The number of methoxy groups -OCH3 is 1. The largest absolute Gasteiger partial charge is 0.383 e. The predicted molar refractivity (Wildman–Crippen MR) is 85.4 cm³/mol. The van der Waals surface area contributed by atoms with Crippen molar-refractivity contribution in [3.05, 3.63) is 22.4 Å². The topological polar surface area (TPSA) is 44.8 Å². The van der Waals surface area contributed by atoms with Crippen LogP contribution in [0.5, 0.6) is 0 Å². The van der Waals surface area contributed by atoms with E-state index < -0.39 is 0 Å². The first-order valence-corrected chi connectivity index (χ1v) is 8.37. The molecule has 1 aliphatic rings. The molecule has 6 heteroatoms. The maximum Gasteiger partial charge on any atom is 0.241 e. The number of likely N-dealkylation sites (N-methyl/N-ethyl adjacent to an activating group) is 1. The van der Waals surface area contributed by atoms with Crippen LogP contribution in [-0.4, -0.2) is 62.1 Å². The Balaban J connectivity index is 1.98. The number of amides is 1. The van der Waals surface area contributed by atoms with Crippen molar-refractivity contribution in [3.8, 4) is 0 Å².